The SMILES string of the molecule is c1ccc(-c2nc3c(ccc4cc(-c5nc(-c6ccc7ccccc7c6)nc(-c6ccc7ccccc7c6)n5)ccc43)o2)cc1. The van der Waals surface area contributed by atoms with Gasteiger partial charge < -0.3 is 4.42 Å². The van der Waals surface area contributed by atoms with E-state index in [0.717, 1.165) is 54.9 Å². The Bertz CT molecular complexity index is 2460. The molecule has 0 atom stereocenters. The largest absolute Gasteiger partial charge is 0.436 e. The molecule has 2 heterocycles. The van der Waals surface area contributed by atoms with Gasteiger partial charge in [0, 0.05) is 27.6 Å². The first-order valence-corrected chi connectivity index (χ1v) is 14.9. The minimum atomic E-state index is 0.611. The van der Waals surface area contributed by atoms with Gasteiger partial charge in [0.25, 0.3) is 0 Å². The molecule has 210 valence electrons. The average Bonchev–Trinajstić information content (AvgIpc) is 3.56. The minimum absolute atomic E-state index is 0.611. The number of oxazole rings is 1. The molecule has 0 amide bonds. The molecular weight excluding hydrogens is 552 g/mol. The number of aromatic nitrogens is 4. The van der Waals surface area contributed by atoms with Gasteiger partial charge in [-0.05, 0) is 63.3 Å². The third-order valence-electron chi connectivity index (χ3n) is 8.30. The lowest BCUT2D eigenvalue weighted by Gasteiger charge is -2.10. The summed E-state index contributed by atoms with van der Waals surface area (Å²) in [6.07, 6.45) is 0. The molecular formula is C40H24N4O. The van der Waals surface area contributed by atoms with Gasteiger partial charge in [-0.2, -0.15) is 0 Å². The van der Waals surface area contributed by atoms with Gasteiger partial charge in [-0.1, -0.05) is 109 Å². The van der Waals surface area contributed by atoms with Crippen molar-refractivity contribution < 1.29 is 4.42 Å². The molecule has 5 heteroatoms. The zero-order chi connectivity index (χ0) is 29.7. The highest BCUT2D eigenvalue weighted by Crippen LogP contribution is 2.33. The van der Waals surface area contributed by atoms with Crippen molar-refractivity contribution in [3.8, 4) is 45.6 Å². The molecule has 45 heavy (non-hydrogen) atoms. The number of benzene rings is 7. The standard InChI is InChI=1S/C40H24N4O/c1-2-10-27(11-3-1)40-41-36-34-20-18-33(24-30(34)19-21-35(36)45-40)39-43-37(31-16-14-25-8-4-6-12-28(25)22-31)42-38(44-39)32-17-15-26-9-5-7-13-29(26)23-32/h1-24H. The van der Waals surface area contributed by atoms with Crippen molar-refractivity contribution in [2.45, 2.75) is 0 Å². The molecule has 0 aliphatic heterocycles. The van der Waals surface area contributed by atoms with E-state index in [-0.39, 0.29) is 0 Å². The molecule has 0 unspecified atom stereocenters. The lowest BCUT2D eigenvalue weighted by Crippen LogP contribution is -2.00. The highest BCUT2D eigenvalue weighted by molar-refractivity contribution is 6.05. The van der Waals surface area contributed by atoms with Crippen LogP contribution in [0, 0.1) is 0 Å². The molecule has 0 radical (unpaired) electrons. The Kier molecular flexibility index (Phi) is 5.74. The van der Waals surface area contributed by atoms with Crippen LogP contribution in [0.25, 0.3) is 89.0 Å². The Hall–Kier alpha value is -6.20. The lowest BCUT2D eigenvalue weighted by atomic mass is 10.0. The van der Waals surface area contributed by atoms with Gasteiger partial charge in [-0.25, -0.2) is 19.9 Å². The van der Waals surface area contributed by atoms with Crippen LogP contribution in [-0.4, -0.2) is 19.9 Å². The topological polar surface area (TPSA) is 64.7 Å². The molecule has 0 spiro atoms. The van der Waals surface area contributed by atoms with Crippen molar-refractivity contribution in [1.82, 2.24) is 19.9 Å². The molecule has 2 aromatic heterocycles. The molecule has 9 aromatic rings. The fraction of sp³-hybridized carbons (Fsp3) is 0. The van der Waals surface area contributed by atoms with Gasteiger partial charge in [0.2, 0.25) is 5.89 Å². The average molecular weight is 577 g/mol. The van der Waals surface area contributed by atoms with Crippen LogP contribution in [0.4, 0.5) is 0 Å². The first-order valence-electron chi connectivity index (χ1n) is 14.9. The van der Waals surface area contributed by atoms with Crippen LogP contribution < -0.4 is 0 Å². The Balaban J connectivity index is 1.21. The summed E-state index contributed by atoms with van der Waals surface area (Å²) < 4.78 is 6.12. The van der Waals surface area contributed by atoms with Crippen LogP contribution in [0.2, 0.25) is 0 Å². The van der Waals surface area contributed by atoms with Gasteiger partial charge in [0.05, 0.1) is 0 Å². The summed E-state index contributed by atoms with van der Waals surface area (Å²) in [5.41, 5.74) is 5.33. The van der Waals surface area contributed by atoms with E-state index in [9.17, 15) is 0 Å². The summed E-state index contributed by atoms with van der Waals surface area (Å²) in [6, 6.07) is 49.6. The van der Waals surface area contributed by atoms with Crippen molar-refractivity contribution in [3.05, 3.63) is 146 Å². The predicted molar refractivity (Wildman–Crippen MR) is 182 cm³/mol. The van der Waals surface area contributed by atoms with E-state index < -0.39 is 0 Å². The molecule has 0 N–H and O–H groups in total. The van der Waals surface area contributed by atoms with Crippen molar-refractivity contribution in [3.63, 3.8) is 0 Å². The van der Waals surface area contributed by atoms with Gasteiger partial charge in [-0.3, -0.25) is 0 Å². The van der Waals surface area contributed by atoms with Gasteiger partial charge in [0.1, 0.15) is 5.52 Å². The van der Waals surface area contributed by atoms with Crippen LogP contribution in [0.3, 0.4) is 0 Å². The lowest BCUT2D eigenvalue weighted by molar-refractivity contribution is 0.620. The molecule has 7 aromatic carbocycles. The van der Waals surface area contributed by atoms with Crippen LogP contribution in [-0.2, 0) is 0 Å². The number of hydrogen-bond donors (Lipinski definition) is 0. The van der Waals surface area contributed by atoms with Crippen molar-refractivity contribution in [2.24, 2.45) is 0 Å². The molecule has 0 aliphatic rings. The highest BCUT2D eigenvalue weighted by Gasteiger charge is 2.16. The fourth-order valence-electron chi connectivity index (χ4n) is 5.98. The van der Waals surface area contributed by atoms with E-state index in [4.69, 9.17) is 24.4 Å². The Morgan fingerprint density at radius 1 is 0.356 bits per heavy atom. The summed E-state index contributed by atoms with van der Waals surface area (Å²) in [7, 11) is 0. The Morgan fingerprint density at radius 3 is 1.44 bits per heavy atom. The van der Waals surface area contributed by atoms with E-state index >= 15 is 0 Å². The maximum atomic E-state index is 6.12. The summed E-state index contributed by atoms with van der Waals surface area (Å²) in [5.74, 6) is 2.49. The van der Waals surface area contributed by atoms with Crippen molar-refractivity contribution in [1.29, 1.82) is 0 Å². The number of hydrogen-bond acceptors (Lipinski definition) is 5. The van der Waals surface area contributed by atoms with E-state index in [2.05, 4.69) is 109 Å². The summed E-state index contributed by atoms with van der Waals surface area (Å²) in [4.78, 5) is 19.9. The summed E-state index contributed by atoms with van der Waals surface area (Å²) in [5, 5.41) is 6.68. The van der Waals surface area contributed by atoms with Gasteiger partial charge >= 0.3 is 0 Å². The summed E-state index contributed by atoms with van der Waals surface area (Å²) in [6.45, 7) is 0. The maximum absolute atomic E-state index is 6.12. The first kappa shape index (κ1) is 25.3. The molecule has 0 fully saturated rings. The zero-order valence-corrected chi connectivity index (χ0v) is 24.1. The highest BCUT2D eigenvalue weighted by atomic mass is 16.3. The third-order valence-corrected chi connectivity index (χ3v) is 8.30. The molecule has 0 bridgehead atoms. The second-order valence-electron chi connectivity index (χ2n) is 11.2. The maximum Gasteiger partial charge on any atom is 0.227 e. The fourth-order valence-corrected chi connectivity index (χ4v) is 5.98. The number of fused-ring (bicyclic) bond motifs is 5. The van der Waals surface area contributed by atoms with Crippen molar-refractivity contribution >= 4 is 43.4 Å². The number of nitrogens with zero attached hydrogens (tertiary/aromatic N) is 4. The van der Waals surface area contributed by atoms with Crippen LogP contribution in [0.1, 0.15) is 0 Å². The Morgan fingerprint density at radius 2 is 0.844 bits per heavy atom. The normalized spacial score (nSPS) is 11.6. The van der Waals surface area contributed by atoms with Gasteiger partial charge in [0.15, 0.2) is 23.1 Å². The monoisotopic (exact) mass is 576 g/mol. The zero-order valence-electron chi connectivity index (χ0n) is 24.1. The minimum Gasteiger partial charge on any atom is -0.436 e. The molecule has 0 saturated heterocycles. The van der Waals surface area contributed by atoms with E-state index in [1.807, 2.05) is 36.4 Å². The van der Waals surface area contributed by atoms with Crippen LogP contribution >= 0.6 is 0 Å². The smallest absolute Gasteiger partial charge is 0.227 e. The van der Waals surface area contributed by atoms with E-state index in [1.54, 1.807) is 0 Å². The number of rotatable bonds is 4. The summed E-state index contributed by atoms with van der Waals surface area (Å²) >= 11 is 0. The molecule has 5 nitrogen and oxygen atoms in total. The third kappa shape index (κ3) is 4.50. The second kappa shape index (κ2) is 10.2. The van der Waals surface area contributed by atoms with Crippen molar-refractivity contribution in [2.75, 3.05) is 0 Å². The molecule has 0 aliphatic carbocycles. The Labute approximate surface area is 258 Å². The quantitative estimate of drug-likeness (QED) is 0.209. The second-order valence-corrected chi connectivity index (χ2v) is 11.2. The van der Waals surface area contributed by atoms with E-state index in [0.29, 0.717) is 23.4 Å². The van der Waals surface area contributed by atoms with Crippen LogP contribution in [0.5, 0.6) is 0 Å². The predicted octanol–water partition coefficient (Wildman–Crippen LogP) is 10.1. The van der Waals surface area contributed by atoms with Gasteiger partial charge in [-0.15, -0.1) is 0 Å². The first-order chi connectivity index (χ1) is 22.2. The van der Waals surface area contributed by atoms with Crippen LogP contribution in [0.15, 0.2) is 150 Å². The van der Waals surface area contributed by atoms with E-state index in [1.165, 1.54) is 10.8 Å². The molecule has 9 rings (SSSR count). The molecule has 0 saturated carbocycles.